The molecule has 2 aliphatic rings. The van der Waals surface area contributed by atoms with E-state index in [9.17, 15) is 0 Å². The summed E-state index contributed by atoms with van der Waals surface area (Å²) in [5.74, 6) is 3.42. The maximum atomic E-state index is 5.72. The van der Waals surface area contributed by atoms with Gasteiger partial charge in [-0.2, -0.15) is 5.10 Å². The number of aromatic nitrogens is 2. The highest BCUT2D eigenvalue weighted by atomic mass is 16.6. The number of rotatable bonds is 3. The van der Waals surface area contributed by atoms with E-state index in [1.54, 1.807) is 7.11 Å². The first-order valence-electron chi connectivity index (χ1n) is 8.74. The molecule has 5 rings (SSSR count). The average molecular weight is 349 g/mol. The van der Waals surface area contributed by atoms with Crippen LogP contribution in [0.1, 0.15) is 5.56 Å². The van der Waals surface area contributed by atoms with Crippen molar-refractivity contribution < 1.29 is 14.2 Å². The number of methoxy groups -OCH3 is 1. The summed E-state index contributed by atoms with van der Waals surface area (Å²) in [4.78, 5) is 0. The van der Waals surface area contributed by atoms with Crippen molar-refractivity contribution in [1.82, 2.24) is 9.78 Å². The lowest BCUT2D eigenvalue weighted by atomic mass is 10.1. The van der Waals surface area contributed by atoms with E-state index in [0.717, 1.165) is 53.0 Å². The van der Waals surface area contributed by atoms with Crippen molar-refractivity contribution in [3.8, 4) is 34.2 Å². The molecular formula is C20H19N3O3. The number of hydrogen-bond donors (Lipinski definition) is 1. The van der Waals surface area contributed by atoms with Crippen LogP contribution >= 0.6 is 0 Å². The van der Waals surface area contributed by atoms with Crippen LogP contribution in [0.2, 0.25) is 0 Å². The number of hydrogen-bond acceptors (Lipinski definition) is 5. The van der Waals surface area contributed by atoms with E-state index >= 15 is 0 Å². The summed E-state index contributed by atoms with van der Waals surface area (Å²) in [6.07, 6.45) is 0.951. The zero-order chi connectivity index (χ0) is 17.5. The summed E-state index contributed by atoms with van der Waals surface area (Å²) in [5, 5.41) is 8.36. The molecule has 26 heavy (non-hydrogen) atoms. The number of fused-ring (bicyclic) bond motifs is 2. The molecule has 0 fully saturated rings. The molecule has 6 nitrogen and oxygen atoms in total. The fraction of sp³-hybridized carbons (Fsp3) is 0.250. The van der Waals surface area contributed by atoms with Gasteiger partial charge in [-0.25, -0.2) is 4.68 Å². The Hall–Kier alpha value is -3.15. The topological polar surface area (TPSA) is 57.5 Å². The molecule has 0 bridgehead atoms. The van der Waals surface area contributed by atoms with Crippen LogP contribution in [0.5, 0.6) is 17.2 Å². The van der Waals surface area contributed by atoms with Crippen molar-refractivity contribution >= 4 is 5.82 Å². The number of benzene rings is 2. The Bertz CT molecular complexity index is 980. The first kappa shape index (κ1) is 15.1. The molecule has 0 amide bonds. The minimum Gasteiger partial charge on any atom is -0.497 e. The predicted octanol–water partition coefficient (Wildman–Crippen LogP) is 3.29. The van der Waals surface area contributed by atoms with E-state index in [-0.39, 0.29) is 0 Å². The van der Waals surface area contributed by atoms with Gasteiger partial charge in [0.05, 0.1) is 18.5 Å². The molecule has 1 N–H and O–H groups in total. The molecule has 6 heteroatoms. The molecule has 0 atom stereocenters. The first-order chi connectivity index (χ1) is 12.8. The number of anilines is 1. The van der Waals surface area contributed by atoms with Crippen molar-refractivity contribution in [2.45, 2.75) is 6.42 Å². The molecule has 0 saturated carbocycles. The third-order valence-corrected chi connectivity index (χ3v) is 4.76. The summed E-state index contributed by atoms with van der Waals surface area (Å²) < 4.78 is 18.7. The standard InChI is InChI=1S/C20H19N3O3/c1-24-15-4-2-3-13(11-15)19-16-7-8-21-20(16)23(22-19)14-5-6-17-18(12-14)26-10-9-25-17/h2-6,11-12,21H,7-10H2,1H3. The van der Waals surface area contributed by atoms with E-state index in [2.05, 4.69) is 11.4 Å². The Morgan fingerprint density at radius 3 is 2.85 bits per heavy atom. The van der Waals surface area contributed by atoms with Crippen molar-refractivity contribution in [2.75, 3.05) is 32.2 Å². The summed E-state index contributed by atoms with van der Waals surface area (Å²) in [5.41, 5.74) is 4.22. The second-order valence-electron chi connectivity index (χ2n) is 6.32. The molecule has 2 aliphatic heterocycles. The molecule has 0 aliphatic carbocycles. The SMILES string of the molecule is COc1cccc(-c2nn(-c3ccc4c(c3)OCCO4)c3c2CCN3)c1. The molecule has 3 heterocycles. The van der Waals surface area contributed by atoms with Crippen molar-refractivity contribution in [3.05, 3.63) is 48.0 Å². The van der Waals surface area contributed by atoms with Gasteiger partial charge in [-0.3, -0.25) is 0 Å². The third kappa shape index (κ3) is 2.37. The van der Waals surface area contributed by atoms with Gasteiger partial charge in [0.15, 0.2) is 11.5 Å². The highest BCUT2D eigenvalue weighted by Crippen LogP contribution is 2.38. The third-order valence-electron chi connectivity index (χ3n) is 4.76. The van der Waals surface area contributed by atoms with Gasteiger partial charge in [0, 0.05) is 23.7 Å². The van der Waals surface area contributed by atoms with Crippen molar-refractivity contribution in [3.63, 3.8) is 0 Å². The fourth-order valence-corrected chi connectivity index (χ4v) is 3.53. The van der Waals surface area contributed by atoms with E-state index in [1.807, 2.05) is 41.1 Å². The van der Waals surface area contributed by atoms with Gasteiger partial charge in [-0.1, -0.05) is 12.1 Å². The Morgan fingerprint density at radius 1 is 1.08 bits per heavy atom. The number of nitrogens with one attached hydrogen (secondary N) is 1. The Labute approximate surface area is 151 Å². The molecule has 132 valence electrons. The number of nitrogens with zero attached hydrogens (tertiary/aromatic N) is 2. The smallest absolute Gasteiger partial charge is 0.163 e. The molecule has 1 aromatic heterocycles. The highest BCUT2D eigenvalue weighted by Gasteiger charge is 2.25. The zero-order valence-electron chi connectivity index (χ0n) is 14.5. The molecule has 0 spiro atoms. The van der Waals surface area contributed by atoms with Crippen LogP contribution in [0, 0.1) is 0 Å². The van der Waals surface area contributed by atoms with Crippen LogP contribution in [-0.2, 0) is 6.42 Å². The highest BCUT2D eigenvalue weighted by molar-refractivity contribution is 5.73. The van der Waals surface area contributed by atoms with Crippen molar-refractivity contribution in [1.29, 1.82) is 0 Å². The molecule has 2 aromatic carbocycles. The minimum absolute atomic E-state index is 0.570. The van der Waals surface area contributed by atoms with Crippen molar-refractivity contribution in [2.24, 2.45) is 0 Å². The van der Waals surface area contributed by atoms with Crippen LogP contribution in [0.4, 0.5) is 5.82 Å². The fourth-order valence-electron chi connectivity index (χ4n) is 3.53. The lowest BCUT2D eigenvalue weighted by Crippen LogP contribution is -2.15. The Morgan fingerprint density at radius 2 is 1.96 bits per heavy atom. The van der Waals surface area contributed by atoms with Gasteiger partial charge in [-0.15, -0.1) is 0 Å². The van der Waals surface area contributed by atoms with Gasteiger partial charge in [0.2, 0.25) is 0 Å². The average Bonchev–Trinajstić information content (AvgIpc) is 3.30. The predicted molar refractivity (Wildman–Crippen MR) is 98.7 cm³/mol. The zero-order valence-corrected chi connectivity index (χ0v) is 14.5. The van der Waals surface area contributed by atoms with E-state index in [0.29, 0.717) is 13.2 Å². The van der Waals surface area contributed by atoms with Crippen LogP contribution < -0.4 is 19.5 Å². The largest absolute Gasteiger partial charge is 0.497 e. The Balaban J connectivity index is 1.62. The van der Waals surface area contributed by atoms with Crippen LogP contribution in [0.3, 0.4) is 0 Å². The van der Waals surface area contributed by atoms with Gasteiger partial charge < -0.3 is 19.5 Å². The summed E-state index contributed by atoms with van der Waals surface area (Å²) >= 11 is 0. The maximum absolute atomic E-state index is 5.72. The second-order valence-corrected chi connectivity index (χ2v) is 6.32. The maximum Gasteiger partial charge on any atom is 0.163 e. The number of ether oxygens (including phenoxy) is 3. The quantitative estimate of drug-likeness (QED) is 0.786. The summed E-state index contributed by atoms with van der Waals surface area (Å²) in [6.45, 7) is 2.07. The van der Waals surface area contributed by atoms with Gasteiger partial charge >= 0.3 is 0 Å². The summed E-state index contributed by atoms with van der Waals surface area (Å²) in [7, 11) is 1.68. The molecule has 0 saturated heterocycles. The normalized spacial score (nSPS) is 14.7. The van der Waals surface area contributed by atoms with E-state index < -0.39 is 0 Å². The van der Waals surface area contributed by atoms with E-state index in [1.165, 1.54) is 5.56 Å². The molecular weight excluding hydrogens is 330 g/mol. The van der Waals surface area contributed by atoms with Crippen LogP contribution in [0.15, 0.2) is 42.5 Å². The molecule has 0 unspecified atom stereocenters. The van der Waals surface area contributed by atoms with Crippen LogP contribution in [0.25, 0.3) is 16.9 Å². The van der Waals surface area contributed by atoms with Gasteiger partial charge in [0.1, 0.15) is 24.8 Å². The second kappa shape index (κ2) is 5.98. The lowest BCUT2D eigenvalue weighted by Gasteiger charge is -2.19. The van der Waals surface area contributed by atoms with Gasteiger partial charge in [0.25, 0.3) is 0 Å². The first-order valence-corrected chi connectivity index (χ1v) is 8.74. The lowest BCUT2D eigenvalue weighted by molar-refractivity contribution is 0.171. The van der Waals surface area contributed by atoms with Gasteiger partial charge in [-0.05, 0) is 30.7 Å². The van der Waals surface area contributed by atoms with Crippen LogP contribution in [-0.4, -0.2) is 36.6 Å². The molecule has 0 radical (unpaired) electrons. The Kier molecular flexibility index (Phi) is 3.48. The summed E-state index contributed by atoms with van der Waals surface area (Å²) in [6, 6.07) is 14.0. The molecule has 3 aromatic rings. The minimum atomic E-state index is 0.570. The monoisotopic (exact) mass is 349 g/mol. The van der Waals surface area contributed by atoms with E-state index in [4.69, 9.17) is 19.3 Å².